The summed E-state index contributed by atoms with van der Waals surface area (Å²) in [4.78, 5) is 0. The van der Waals surface area contributed by atoms with Gasteiger partial charge in [0.2, 0.25) is 0 Å². The van der Waals surface area contributed by atoms with Crippen LogP contribution in [0.15, 0.2) is 0 Å². The van der Waals surface area contributed by atoms with Crippen LogP contribution in [0.1, 0.15) is 0 Å². The second-order valence-corrected chi connectivity index (χ2v) is 3.06. The molecule has 12 heavy (non-hydrogen) atoms. The summed E-state index contributed by atoms with van der Waals surface area (Å²) in [5.41, 5.74) is 0. The summed E-state index contributed by atoms with van der Waals surface area (Å²) in [6, 6.07) is 0. The summed E-state index contributed by atoms with van der Waals surface area (Å²) in [7, 11) is 0. The van der Waals surface area contributed by atoms with Crippen molar-refractivity contribution in [1.29, 1.82) is 0 Å². The first kappa shape index (κ1) is 20.9. The van der Waals surface area contributed by atoms with Crippen LogP contribution in [0.25, 0.3) is 0 Å². The average Bonchev–Trinajstić information content (AvgIpc) is 1.58. The molecule has 2 atom stereocenters. The van der Waals surface area contributed by atoms with Crippen LogP contribution in [0, 0.1) is 0 Å². The number of rotatable bonds is 4. The molecule has 0 aliphatic carbocycles. The molecule has 2 unspecified atom stereocenters. The fourth-order valence-corrected chi connectivity index (χ4v) is 1.12. The molecule has 0 bridgehead atoms. The monoisotopic (exact) mass is 286 g/mol. The first-order valence-electron chi connectivity index (χ1n) is 1.50. The van der Waals surface area contributed by atoms with Gasteiger partial charge in [-0.25, -0.2) is 8.42 Å². The van der Waals surface area contributed by atoms with Gasteiger partial charge >= 0.3 is 114 Å². The van der Waals surface area contributed by atoms with Crippen LogP contribution in [0.5, 0.6) is 0 Å². The van der Waals surface area contributed by atoms with E-state index in [1.165, 1.54) is 0 Å². The SMILES string of the molecule is O=S([O-])OS(=O)OS(=O)[O-].[K+].[K+]. The largest absolute Gasteiger partial charge is 1.00 e. The maximum atomic E-state index is 9.94. The van der Waals surface area contributed by atoms with Gasteiger partial charge in [0.15, 0.2) is 0 Å². The molecule has 0 spiro atoms. The van der Waals surface area contributed by atoms with Crippen LogP contribution in [-0.4, -0.2) is 21.7 Å². The molecular weight excluding hydrogens is 286 g/mol. The summed E-state index contributed by atoms with van der Waals surface area (Å²) in [5.74, 6) is 0. The van der Waals surface area contributed by atoms with Gasteiger partial charge in [-0.15, -0.1) is 0 Å². The Morgan fingerprint density at radius 1 is 0.833 bits per heavy atom. The van der Waals surface area contributed by atoms with E-state index < -0.39 is 34.1 Å². The summed E-state index contributed by atoms with van der Waals surface area (Å²) >= 11 is -8.93. The molecule has 62 valence electrons. The molecule has 0 amide bonds. The molecule has 0 saturated heterocycles. The van der Waals surface area contributed by atoms with E-state index in [1.54, 1.807) is 0 Å². The fraction of sp³-hybridized carbons (Fsp3) is 0. The summed E-state index contributed by atoms with van der Waals surface area (Å²) in [6.07, 6.45) is 0. The molecular formula is K2O7S3. The van der Waals surface area contributed by atoms with Crippen molar-refractivity contribution in [2.24, 2.45) is 0 Å². The van der Waals surface area contributed by atoms with Gasteiger partial charge in [0.25, 0.3) is 0 Å². The second-order valence-electron chi connectivity index (χ2n) is 0.748. The summed E-state index contributed by atoms with van der Waals surface area (Å²) < 4.78 is 54.6. The van der Waals surface area contributed by atoms with Crippen LogP contribution < -0.4 is 103 Å². The van der Waals surface area contributed by atoms with Crippen LogP contribution in [0.4, 0.5) is 0 Å². The standard InChI is InChI=1S/2K.H2O7S3/c;;1-8(2)6-10(5)7-9(3)4/h;;(H,1,2)(H,3,4)/q2*+1;/p-2. The molecule has 0 saturated carbocycles. The minimum absolute atomic E-state index is 0. The minimum atomic E-state index is -3.06. The van der Waals surface area contributed by atoms with Gasteiger partial charge in [-0.3, -0.25) is 0 Å². The van der Waals surface area contributed by atoms with Crippen LogP contribution >= 0.6 is 0 Å². The normalized spacial score (nSPS) is 16.5. The van der Waals surface area contributed by atoms with Crippen molar-refractivity contribution < 1.29 is 132 Å². The number of hydrogen-bond acceptors (Lipinski definition) is 7. The van der Waals surface area contributed by atoms with Gasteiger partial charge in [0.05, 0.1) is 0 Å². The zero-order valence-corrected chi connectivity index (χ0v) is 14.8. The maximum absolute atomic E-state index is 9.94. The molecule has 0 radical (unpaired) electrons. The Morgan fingerprint density at radius 2 is 1.08 bits per heavy atom. The molecule has 0 fully saturated rings. The first-order valence-corrected chi connectivity index (χ1v) is 4.50. The quantitative estimate of drug-likeness (QED) is 0.372. The van der Waals surface area contributed by atoms with Gasteiger partial charge in [0.1, 0.15) is 22.7 Å². The third kappa shape index (κ3) is 16.0. The van der Waals surface area contributed by atoms with E-state index in [9.17, 15) is 21.7 Å². The second kappa shape index (κ2) is 12.6. The Labute approximate surface area is 161 Å². The van der Waals surface area contributed by atoms with E-state index in [1.807, 2.05) is 0 Å². The summed E-state index contributed by atoms with van der Waals surface area (Å²) in [5, 5.41) is 0. The van der Waals surface area contributed by atoms with Gasteiger partial charge in [-0.2, -0.15) is 11.5 Å². The third-order valence-corrected chi connectivity index (χ3v) is 2.00. The van der Waals surface area contributed by atoms with Crippen molar-refractivity contribution in [3.05, 3.63) is 0 Å². The van der Waals surface area contributed by atoms with Gasteiger partial charge in [-0.1, -0.05) is 0 Å². The van der Waals surface area contributed by atoms with Crippen LogP contribution in [-0.2, 0) is 41.3 Å². The van der Waals surface area contributed by atoms with E-state index in [4.69, 9.17) is 0 Å². The molecule has 0 aliphatic heterocycles. The molecule has 0 N–H and O–H groups in total. The maximum Gasteiger partial charge on any atom is 1.00 e. The fourth-order valence-electron chi connectivity index (χ4n) is 0.102. The molecule has 0 heterocycles. The summed E-state index contributed by atoms with van der Waals surface area (Å²) in [6.45, 7) is 0. The predicted molar refractivity (Wildman–Crippen MR) is 28.2 cm³/mol. The van der Waals surface area contributed by atoms with Crippen LogP contribution in [0.2, 0.25) is 0 Å². The zero-order chi connectivity index (χ0) is 8.15. The predicted octanol–water partition coefficient (Wildman–Crippen LogP) is -7.81. The zero-order valence-electron chi connectivity index (χ0n) is 6.08. The van der Waals surface area contributed by atoms with E-state index in [2.05, 4.69) is 7.26 Å². The average molecular weight is 286 g/mol. The Kier molecular flexibility index (Phi) is 22.0. The van der Waals surface area contributed by atoms with E-state index >= 15 is 0 Å². The molecule has 0 aromatic carbocycles. The van der Waals surface area contributed by atoms with Gasteiger partial charge in [0, 0.05) is 0 Å². The first-order chi connectivity index (χ1) is 4.52. The van der Waals surface area contributed by atoms with Crippen LogP contribution in [0.3, 0.4) is 0 Å². The van der Waals surface area contributed by atoms with Gasteiger partial charge < -0.3 is 9.11 Å². The minimum Gasteiger partial charge on any atom is -0.749 e. The smallest absolute Gasteiger partial charge is 0.749 e. The van der Waals surface area contributed by atoms with Crippen molar-refractivity contribution >= 4 is 34.1 Å². The number of hydrogen-bond donors (Lipinski definition) is 0. The molecule has 0 aromatic heterocycles. The van der Waals surface area contributed by atoms with Crippen molar-refractivity contribution in [2.75, 3.05) is 0 Å². The van der Waals surface area contributed by atoms with Gasteiger partial charge in [-0.05, 0) is 0 Å². The molecule has 12 heteroatoms. The molecule has 0 aliphatic rings. The molecule has 0 aromatic rings. The Hall–Kier alpha value is 3.56. The van der Waals surface area contributed by atoms with Crippen molar-refractivity contribution in [3.63, 3.8) is 0 Å². The van der Waals surface area contributed by atoms with E-state index in [0.29, 0.717) is 0 Å². The Morgan fingerprint density at radius 3 is 1.25 bits per heavy atom. The Balaban J connectivity index is -0.000000405. The van der Waals surface area contributed by atoms with Crippen molar-refractivity contribution in [2.45, 2.75) is 0 Å². The molecule has 7 nitrogen and oxygen atoms in total. The van der Waals surface area contributed by atoms with E-state index in [-0.39, 0.29) is 103 Å². The topological polar surface area (TPSA) is 116 Å². The van der Waals surface area contributed by atoms with Crippen molar-refractivity contribution in [3.8, 4) is 0 Å². The Bertz CT molecular complexity index is 159. The van der Waals surface area contributed by atoms with Crippen molar-refractivity contribution in [1.82, 2.24) is 0 Å². The molecule has 0 rings (SSSR count). The van der Waals surface area contributed by atoms with E-state index in [0.717, 1.165) is 0 Å². The third-order valence-electron chi connectivity index (χ3n) is 0.222.